The number of aliphatic imine (C=N–C) groups is 1. The minimum absolute atomic E-state index is 0.0415. The van der Waals surface area contributed by atoms with E-state index in [9.17, 15) is 19.5 Å². The molecule has 0 fully saturated rings. The van der Waals surface area contributed by atoms with Crippen molar-refractivity contribution in [3.63, 3.8) is 0 Å². The van der Waals surface area contributed by atoms with Crippen molar-refractivity contribution in [2.75, 3.05) is 0 Å². The van der Waals surface area contributed by atoms with E-state index in [1.165, 1.54) is 18.2 Å². The second-order valence-electron chi connectivity index (χ2n) is 5.40. The van der Waals surface area contributed by atoms with Crippen molar-refractivity contribution < 1.29 is 15.0 Å². The molecule has 0 atom stereocenters. The smallest absolute Gasteiger partial charge is 0.337 e. The average Bonchev–Trinajstić information content (AvgIpc) is 2.63. The number of nitrogens with zero attached hydrogens (tertiary/aromatic N) is 2. The third kappa shape index (κ3) is 3.65. The molecule has 0 saturated carbocycles. The Morgan fingerprint density at radius 1 is 1.15 bits per heavy atom. The molecule has 3 aromatic rings. The summed E-state index contributed by atoms with van der Waals surface area (Å²) in [5.41, 5.74) is -1.50. The maximum Gasteiger partial charge on any atom is 0.337 e. The number of rotatable bonds is 4. The first-order valence-corrected chi connectivity index (χ1v) is 7.97. The predicted octanol–water partition coefficient (Wildman–Crippen LogP) is 2.33. The molecular weight excluding hydrogens is 374 g/mol. The Bertz CT molecular complexity index is 1170. The third-order valence-electron chi connectivity index (χ3n) is 3.66. The van der Waals surface area contributed by atoms with Crippen LogP contribution in [0.5, 0.6) is 5.88 Å². The molecule has 8 nitrogen and oxygen atoms in total. The Kier molecular flexibility index (Phi) is 4.91. The number of benzene rings is 2. The Labute approximate surface area is 156 Å². The SMILES string of the molecule is O=C(O)c1cc(N=Cc2c(O)n(-c3ccccc3)c(=O)[nH]c2=O)ccc1Cl. The van der Waals surface area contributed by atoms with Gasteiger partial charge in [-0.1, -0.05) is 29.8 Å². The molecular formula is C18H12ClN3O5. The van der Waals surface area contributed by atoms with Crippen LogP contribution in [0.4, 0.5) is 5.69 Å². The maximum atomic E-state index is 12.1. The fourth-order valence-electron chi connectivity index (χ4n) is 2.37. The first-order valence-electron chi connectivity index (χ1n) is 7.59. The molecule has 0 bridgehead atoms. The van der Waals surface area contributed by atoms with E-state index in [1.807, 2.05) is 0 Å². The monoisotopic (exact) mass is 385 g/mol. The molecule has 0 aliphatic carbocycles. The molecule has 136 valence electrons. The Morgan fingerprint density at radius 3 is 2.52 bits per heavy atom. The van der Waals surface area contributed by atoms with Gasteiger partial charge in [-0.2, -0.15) is 0 Å². The summed E-state index contributed by atoms with van der Waals surface area (Å²) in [7, 11) is 0. The van der Waals surface area contributed by atoms with Gasteiger partial charge in [0.1, 0.15) is 5.56 Å². The first kappa shape index (κ1) is 18.2. The lowest BCUT2D eigenvalue weighted by molar-refractivity contribution is 0.0697. The number of H-pyrrole nitrogens is 1. The highest BCUT2D eigenvalue weighted by Crippen LogP contribution is 2.23. The molecule has 0 unspecified atom stereocenters. The van der Waals surface area contributed by atoms with Crippen LogP contribution in [0.25, 0.3) is 5.69 Å². The number of aromatic amines is 1. The Morgan fingerprint density at radius 2 is 1.85 bits per heavy atom. The minimum Gasteiger partial charge on any atom is -0.493 e. The van der Waals surface area contributed by atoms with Crippen molar-refractivity contribution in [2.45, 2.75) is 0 Å². The first-order chi connectivity index (χ1) is 12.9. The van der Waals surface area contributed by atoms with E-state index in [0.717, 1.165) is 10.8 Å². The zero-order valence-electron chi connectivity index (χ0n) is 13.6. The van der Waals surface area contributed by atoms with Crippen molar-refractivity contribution in [3.05, 3.63) is 85.5 Å². The van der Waals surface area contributed by atoms with Gasteiger partial charge in [-0.25, -0.2) is 14.2 Å². The molecule has 1 heterocycles. The number of carbonyl (C=O) groups is 1. The van der Waals surface area contributed by atoms with Gasteiger partial charge < -0.3 is 10.2 Å². The number of hydrogen-bond donors (Lipinski definition) is 3. The number of para-hydroxylation sites is 1. The van der Waals surface area contributed by atoms with E-state index in [-0.39, 0.29) is 21.8 Å². The predicted molar refractivity (Wildman–Crippen MR) is 100.0 cm³/mol. The van der Waals surface area contributed by atoms with Crippen LogP contribution in [-0.4, -0.2) is 31.9 Å². The van der Waals surface area contributed by atoms with Gasteiger partial charge >= 0.3 is 11.7 Å². The second kappa shape index (κ2) is 7.30. The lowest BCUT2D eigenvalue weighted by atomic mass is 10.2. The zero-order valence-corrected chi connectivity index (χ0v) is 14.3. The van der Waals surface area contributed by atoms with Gasteiger partial charge in [0.05, 0.1) is 22.0 Å². The summed E-state index contributed by atoms with van der Waals surface area (Å²) in [5, 5.41) is 19.5. The number of carboxylic acid groups (broad SMARTS) is 1. The lowest BCUT2D eigenvalue weighted by Crippen LogP contribution is -2.31. The van der Waals surface area contributed by atoms with Gasteiger partial charge in [0, 0.05) is 6.21 Å². The maximum absolute atomic E-state index is 12.1. The molecule has 9 heteroatoms. The molecule has 0 amide bonds. The standard InChI is InChI=1S/C18H12ClN3O5/c19-14-7-6-10(8-12(14)17(25)26)20-9-13-15(23)21-18(27)22(16(13)24)11-4-2-1-3-5-11/h1-9,24H,(H,25,26)(H,21,23,27). The summed E-state index contributed by atoms with van der Waals surface area (Å²) < 4.78 is 0.924. The fraction of sp³-hybridized carbons (Fsp3) is 0. The summed E-state index contributed by atoms with van der Waals surface area (Å²) in [6.07, 6.45) is 1.04. The topological polar surface area (TPSA) is 125 Å². The lowest BCUT2D eigenvalue weighted by Gasteiger charge is -2.09. The highest BCUT2D eigenvalue weighted by atomic mass is 35.5. The largest absolute Gasteiger partial charge is 0.493 e. The van der Waals surface area contributed by atoms with Crippen molar-refractivity contribution >= 4 is 29.5 Å². The second-order valence-corrected chi connectivity index (χ2v) is 5.80. The number of carboxylic acids is 1. The molecule has 3 N–H and O–H groups in total. The molecule has 2 aromatic carbocycles. The molecule has 0 aliphatic rings. The van der Waals surface area contributed by atoms with E-state index in [0.29, 0.717) is 5.69 Å². The van der Waals surface area contributed by atoms with E-state index < -0.39 is 23.1 Å². The van der Waals surface area contributed by atoms with Gasteiger partial charge in [0.2, 0.25) is 5.88 Å². The highest BCUT2D eigenvalue weighted by Gasteiger charge is 2.14. The van der Waals surface area contributed by atoms with Crippen LogP contribution in [0.3, 0.4) is 0 Å². The van der Waals surface area contributed by atoms with E-state index in [1.54, 1.807) is 30.3 Å². The fourth-order valence-corrected chi connectivity index (χ4v) is 2.57. The summed E-state index contributed by atoms with van der Waals surface area (Å²) in [5.74, 6) is -1.82. The number of nitrogens with one attached hydrogen (secondary N) is 1. The van der Waals surface area contributed by atoms with Gasteiger partial charge in [-0.3, -0.25) is 14.8 Å². The van der Waals surface area contributed by atoms with Crippen LogP contribution < -0.4 is 11.2 Å². The summed E-state index contributed by atoms with van der Waals surface area (Å²) in [6.45, 7) is 0. The third-order valence-corrected chi connectivity index (χ3v) is 3.99. The molecule has 0 radical (unpaired) electrons. The van der Waals surface area contributed by atoms with E-state index in [2.05, 4.69) is 9.98 Å². The number of halogens is 1. The van der Waals surface area contributed by atoms with E-state index >= 15 is 0 Å². The van der Waals surface area contributed by atoms with E-state index in [4.69, 9.17) is 16.7 Å². The van der Waals surface area contributed by atoms with Crippen LogP contribution in [0.15, 0.2) is 63.1 Å². The summed E-state index contributed by atoms with van der Waals surface area (Å²) in [6, 6.07) is 12.3. The number of aromatic hydroxyl groups is 1. The normalized spacial score (nSPS) is 11.0. The number of hydrogen-bond acceptors (Lipinski definition) is 5. The van der Waals surface area contributed by atoms with Crippen LogP contribution >= 0.6 is 11.6 Å². The van der Waals surface area contributed by atoms with Gasteiger partial charge in [-0.15, -0.1) is 0 Å². The van der Waals surface area contributed by atoms with Crippen LogP contribution in [0, 0.1) is 0 Å². The quantitative estimate of drug-likeness (QED) is 0.594. The molecule has 27 heavy (non-hydrogen) atoms. The molecule has 0 aliphatic heterocycles. The molecule has 0 saturated heterocycles. The highest BCUT2D eigenvalue weighted by molar-refractivity contribution is 6.33. The molecule has 0 spiro atoms. The van der Waals surface area contributed by atoms with Gasteiger partial charge in [0.15, 0.2) is 0 Å². The van der Waals surface area contributed by atoms with Crippen molar-refractivity contribution in [1.29, 1.82) is 0 Å². The Hall–Kier alpha value is -3.65. The summed E-state index contributed by atoms with van der Waals surface area (Å²) in [4.78, 5) is 41.4. The molecule has 3 rings (SSSR count). The van der Waals surface area contributed by atoms with Crippen LogP contribution in [0.1, 0.15) is 15.9 Å². The molecule has 1 aromatic heterocycles. The van der Waals surface area contributed by atoms with Gasteiger partial charge in [0.25, 0.3) is 5.56 Å². The van der Waals surface area contributed by atoms with Crippen molar-refractivity contribution in [3.8, 4) is 11.6 Å². The van der Waals surface area contributed by atoms with Crippen LogP contribution in [0.2, 0.25) is 5.02 Å². The van der Waals surface area contributed by atoms with Crippen molar-refractivity contribution in [2.24, 2.45) is 4.99 Å². The van der Waals surface area contributed by atoms with Crippen LogP contribution in [-0.2, 0) is 0 Å². The van der Waals surface area contributed by atoms with Crippen molar-refractivity contribution in [1.82, 2.24) is 9.55 Å². The number of aromatic carboxylic acids is 1. The zero-order chi connectivity index (χ0) is 19.6. The van der Waals surface area contributed by atoms with Gasteiger partial charge in [-0.05, 0) is 30.3 Å². The summed E-state index contributed by atoms with van der Waals surface area (Å²) >= 11 is 5.80. The minimum atomic E-state index is -1.23. The number of aromatic nitrogens is 2. The Balaban J connectivity index is 2.10. The average molecular weight is 386 g/mol.